The minimum atomic E-state index is 0.340. The fraction of sp³-hybridized carbons (Fsp3) is 0.375. The molecule has 3 heteroatoms. The highest BCUT2D eigenvalue weighted by Crippen LogP contribution is 2.29. The first kappa shape index (κ1) is 13.5. The third kappa shape index (κ3) is 2.46. The fourth-order valence-electron chi connectivity index (χ4n) is 2.60. The average Bonchev–Trinajstić information content (AvgIpc) is 2.26. The lowest BCUT2D eigenvalue weighted by atomic mass is 10.00. The summed E-state index contributed by atoms with van der Waals surface area (Å²) in [5.74, 6) is 1.67. The number of nitrogens with two attached hydrogens (primary N) is 1. The predicted molar refractivity (Wildman–Crippen MR) is 80.2 cm³/mol. The summed E-state index contributed by atoms with van der Waals surface area (Å²) in [5, 5.41) is 0. The second kappa shape index (κ2) is 5.00. The molecule has 0 fully saturated rings. The summed E-state index contributed by atoms with van der Waals surface area (Å²) in [7, 11) is 0. The van der Waals surface area contributed by atoms with Gasteiger partial charge in [0.25, 0.3) is 0 Å². The quantitative estimate of drug-likeness (QED) is 0.888. The van der Waals surface area contributed by atoms with Crippen LogP contribution in [0.1, 0.15) is 42.1 Å². The van der Waals surface area contributed by atoms with Crippen LogP contribution in [-0.2, 0) is 0 Å². The molecule has 2 rings (SSSR count). The van der Waals surface area contributed by atoms with Crippen LogP contribution in [0.15, 0.2) is 18.2 Å². The summed E-state index contributed by atoms with van der Waals surface area (Å²) in [5.41, 5.74) is 11.6. The number of hydrogen-bond acceptors (Lipinski definition) is 3. The van der Waals surface area contributed by atoms with Gasteiger partial charge in [0.1, 0.15) is 5.82 Å². The van der Waals surface area contributed by atoms with Crippen LogP contribution in [0.5, 0.6) is 0 Å². The molecule has 0 bridgehead atoms. The first-order valence-electron chi connectivity index (χ1n) is 6.62. The Morgan fingerprint density at radius 1 is 1.00 bits per heavy atom. The van der Waals surface area contributed by atoms with Crippen molar-refractivity contribution in [3.63, 3.8) is 0 Å². The van der Waals surface area contributed by atoms with Gasteiger partial charge in [0.2, 0.25) is 0 Å². The van der Waals surface area contributed by atoms with E-state index in [9.17, 15) is 0 Å². The second-order valence-electron chi connectivity index (χ2n) is 5.35. The van der Waals surface area contributed by atoms with Gasteiger partial charge in [-0.1, -0.05) is 32.0 Å². The van der Waals surface area contributed by atoms with Crippen molar-refractivity contribution in [1.29, 1.82) is 0 Å². The van der Waals surface area contributed by atoms with E-state index in [0.29, 0.717) is 11.7 Å². The average molecular weight is 255 g/mol. The van der Waals surface area contributed by atoms with Crippen LogP contribution in [0.2, 0.25) is 0 Å². The molecule has 0 atom stereocenters. The Labute approximate surface area is 114 Å². The first-order chi connectivity index (χ1) is 8.91. The summed E-state index contributed by atoms with van der Waals surface area (Å²) >= 11 is 0. The van der Waals surface area contributed by atoms with Gasteiger partial charge in [-0.25, -0.2) is 9.97 Å². The van der Waals surface area contributed by atoms with E-state index in [1.54, 1.807) is 0 Å². The Balaban J connectivity index is 2.66. The Kier molecular flexibility index (Phi) is 3.56. The summed E-state index contributed by atoms with van der Waals surface area (Å²) in [6.45, 7) is 10.4. The molecule has 0 spiro atoms. The molecule has 3 nitrogen and oxygen atoms in total. The van der Waals surface area contributed by atoms with Gasteiger partial charge in [-0.15, -0.1) is 0 Å². The molecular weight excluding hydrogens is 234 g/mol. The van der Waals surface area contributed by atoms with E-state index in [2.05, 4.69) is 49.8 Å². The maximum absolute atomic E-state index is 6.11. The van der Waals surface area contributed by atoms with Gasteiger partial charge < -0.3 is 5.73 Å². The van der Waals surface area contributed by atoms with Crippen molar-refractivity contribution >= 4 is 5.82 Å². The largest absolute Gasteiger partial charge is 0.383 e. The molecule has 0 saturated heterocycles. The molecule has 2 aromatic rings. The maximum Gasteiger partial charge on any atom is 0.162 e. The Morgan fingerprint density at radius 3 is 2.05 bits per heavy atom. The molecule has 0 amide bonds. The number of nitrogen functional groups attached to an aromatic ring is 1. The van der Waals surface area contributed by atoms with E-state index in [0.717, 1.165) is 22.6 Å². The van der Waals surface area contributed by atoms with Gasteiger partial charge in [0.05, 0.1) is 0 Å². The predicted octanol–water partition coefficient (Wildman–Crippen LogP) is 3.77. The van der Waals surface area contributed by atoms with Gasteiger partial charge >= 0.3 is 0 Å². The lowest BCUT2D eigenvalue weighted by Gasteiger charge is -2.15. The van der Waals surface area contributed by atoms with Crippen LogP contribution < -0.4 is 5.73 Å². The number of benzene rings is 1. The second-order valence-corrected chi connectivity index (χ2v) is 5.35. The highest BCUT2D eigenvalue weighted by Gasteiger charge is 2.15. The Hall–Kier alpha value is -1.90. The van der Waals surface area contributed by atoms with Crippen molar-refractivity contribution in [1.82, 2.24) is 9.97 Å². The topological polar surface area (TPSA) is 51.8 Å². The number of nitrogens with zero attached hydrogens (tertiary/aromatic N) is 2. The van der Waals surface area contributed by atoms with E-state index < -0.39 is 0 Å². The molecule has 0 radical (unpaired) electrons. The minimum Gasteiger partial charge on any atom is -0.383 e. The number of anilines is 1. The molecule has 2 N–H and O–H groups in total. The van der Waals surface area contributed by atoms with Gasteiger partial charge in [-0.2, -0.15) is 0 Å². The highest BCUT2D eigenvalue weighted by atomic mass is 15.0. The molecule has 0 saturated carbocycles. The number of aromatic nitrogens is 2. The zero-order chi connectivity index (χ0) is 14.2. The maximum atomic E-state index is 6.11. The normalized spacial score (nSPS) is 11.1. The molecule has 100 valence electrons. The van der Waals surface area contributed by atoms with Crippen molar-refractivity contribution in [2.45, 2.75) is 40.5 Å². The van der Waals surface area contributed by atoms with Gasteiger partial charge in [-0.05, 0) is 37.8 Å². The third-order valence-corrected chi connectivity index (χ3v) is 3.45. The summed E-state index contributed by atoms with van der Waals surface area (Å²) in [6, 6.07) is 6.20. The van der Waals surface area contributed by atoms with E-state index >= 15 is 0 Å². The zero-order valence-electron chi connectivity index (χ0n) is 12.3. The number of hydrogen-bond donors (Lipinski definition) is 1. The molecule has 1 aromatic heterocycles. The Morgan fingerprint density at radius 2 is 1.58 bits per heavy atom. The molecule has 1 aromatic carbocycles. The fourth-order valence-corrected chi connectivity index (χ4v) is 2.60. The van der Waals surface area contributed by atoms with Crippen molar-refractivity contribution in [3.05, 3.63) is 40.6 Å². The smallest absolute Gasteiger partial charge is 0.162 e. The van der Waals surface area contributed by atoms with Gasteiger partial charge in [-0.3, -0.25) is 0 Å². The highest BCUT2D eigenvalue weighted by molar-refractivity contribution is 5.66. The molecular formula is C16H21N3. The van der Waals surface area contributed by atoms with Gasteiger partial charge in [0, 0.05) is 16.8 Å². The van der Waals surface area contributed by atoms with Gasteiger partial charge in [0.15, 0.2) is 5.82 Å². The lowest BCUT2D eigenvalue weighted by Crippen LogP contribution is -2.07. The van der Waals surface area contributed by atoms with E-state index in [1.165, 1.54) is 11.1 Å². The first-order valence-corrected chi connectivity index (χ1v) is 6.62. The van der Waals surface area contributed by atoms with Crippen molar-refractivity contribution in [2.24, 2.45) is 0 Å². The number of rotatable bonds is 2. The molecule has 1 heterocycles. The monoisotopic (exact) mass is 255 g/mol. The zero-order valence-corrected chi connectivity index (χ0v) is 12.3. The standard InChI is InChI=1S/C16H21N3/c1-9(2)13-12(5)18-16(19-15(13)17)14-10(3)7-6-8-11(14)4/h6-9H,1-5H3,(H2,17,18,19). The molecule has 0 aliphatic rings. The van der Waals surface area contributed by atoms with E-state index in [-0.39, 0.29) is 0 Å². The SMILES string of the molecule is Cc1cccc(C)c1-c1nc(C)c(C(C)C)c(N)n1. The van der Waals surface area contributed by atoms with Crippen LogP contribution in [0.25, 0.3) is 11.4 Å². The molecule has 0 aliphatic carbocycles. The molecule has 19 heavy (non-hydrogen) atoms. The Bertz CT molecular complexity index is 572. The summed E-state index contributed by atoms with van der Waals surface area (Å²) in [4.78, 5) is 9.17. The van der Waals surface area contributed by atoms with Crippen LogP contribution in [-0.4, -0.2) is 9.97 Å². The van der Waals surface area contributed by atoms with Crippen molar-refractivity contribution in [3.8, 4) is 11.4 Å². The third-order valence-electron chi connectivity index (χ3n) is 3.45. The van der Waals surface area contributed by atoms with E-state index in [1.807, 2.05) is 13.0 Å². The summed E-state index contributed by atoms with van der Waals surface area (Å²) < 4.78 is 0. The van der Waals surface area contributed by atoms with Crippen LogP contribution in [0.3, 0.4) is 0 Å². The minimum absolute atomic E-state index is 0.340. The van der Waals surface area contributed by atoms with Crippen molar-refractivity contribution in [2.75, 3.05) is 5.73 Å². The number of aryl methyl sites for hydroxylation is 3. The van der Waals surface area contributed by atoms with Crippen LogP contribution in [0, 0.1) is 20.8 Å². The van der Waals surface area contributed by atoms with E-state index in [4.69, 9.17) is 5.73 Å². The summed E-state index contributed by atoms with van der Waals surface area (Å²) in [6.07, 6.45) is 0. The van der Waals surface area contributed by atoms with Crippen LogP contribution in [0.4, 0.5) is 5.82 Å². The molecule has 0 unspecified atom stereocenters. The molecule has 0 aliphatic heterocycles. The van der Waals surface area contributed by atoms with Crippen LogP contribution >= 0.6 is 0 Å². The lowest BCUT2D eigenvalue weighted by molar-refractivity contribution is 0.836. The van der Waals surface area contributed by atoms with Crippen molar-refractivity contribution < 1.29 is 0 Å².